The van der Waals surface area contributed by atoms with Gasteiger partial charge in [-0.25, -0.2) is 0 Å². The van der Waals surface area contributed by atoms with Crippen LogP contribution in [0.3, 0.4) is 0 Å². The van der Waals surface area contributed by atoms with Gasteiger partial charge in [0, 0.05) is 11.5 Å². The number of nitrogens with two attached hydrogens (primary N) is 1. The second-order valence-corrected chi connectivity index (χ2v) is 5.94. The van der Waals surface area contributed by atoms with Crippen molar-refractivity contribution in [3.8, 4) is 0 Å². The van der Waals surface area contributed by atoms with E-state index in [9.17, 15) is 0 Å². The normalized spacial score (nSPS) is 13.2. The summed E-state index contributed by atoms with van der Waals surface area (Å²) in [7, 11) is 0. The molecule has 20 heavy (non-hydrogen) atoms. The molecule has 2 aromatic carbocycles. The van der Waals surface area contributed by atoms with E-state index in [-0.39, 0.29) is 11.5 Å². The number of benzene rings is 2. The highest BCUT2D eigenvalue weighted by Gasteiger charge is 2.30. The van der Waals surface area contributed by atoms with Crippen molar-refractivity contribution < 1.29 is 0 Å². The molecule has 2 nitrogen and oxygen atoms in total. The molecule has 0 spiro atoms. The van der Waals surface area contributed by atoms with Crippen LogP contribution in [0, 0.1) is 6.92 Å². The van der Waals surface area contributed by atoms with E-state index < -0.39 is 0 Å². The number of hydrogen-bond donors (Lipinski definition) is 2. The number of hydrazine groups is 1. The van der Waals surface area contributed by atoms with Crippen LogP contribution in [-0.2, 0) is 11.8 Å². The summed E-state index contributed by atoms with van der Waals surface area (Å²) in [5.74, 6) is 5.84. The van der Waals surface area contributed by atoms with E-state index in [1.165, 1.54) is 16.7 Å². The van der Waals surface area contributed by atoms with Gasteiger partial charge < -0.3 is 0 Å². The highest BCUT2D eigenvalue weighted by Crippen LogP contribution is 2.29. The largest absolute Gasteiger partial charge is 0.271 e. The standard InChI is InChI=1S/C18H24N2/c1-14-9-7-8-10-15(14)13-17(20-19)18(2,3)16-11-5-4-6-12-16/h4-12,17,20H,13,19H2,1-3H3. The first-order valence-electron chi connectivity index (χ1n) is 7.12. The summed E-state index contributed by atoms with van der Waals surface area (Å²) in [6.07, 6.45) is 0.922. The van der Waals surface area contributed by atoms with Gasteiger partial charge in [0.05, 0.1) is 0 Å². The van der Waals surface area contributed by atoms with Crippen molar-refractivity contribution in [1.29, 1.82) is 0 Å². The molecule has 0 aliphatic heterocycles. The van der Waals surface area contributed by atoms with Gasteiger partial charge in [-0.2, -0.15) is 0 Å². The fraction of sp³-hybridized carbons (Fsp3) is 0.333. The van der Waals surface area contributed by atoms with Gasteiger partial charge in [0.2, 0.25) is 0 Å². The first-order valence-corrected chi connectivity index (χ1v) is 7.12. The van der Waals surface area contributed by atoms with E-state index in [0.717, 1.165) is 6.42 Å². The summed E-state index contributed by atoms with van der Waals surface area (Å²) in [6, 6.07) is 19.2. The third kappa shape index (κ3) is 3.09. The van der Waals surface area contributed by atoms with E-state index in [1.54, 1.807) is 0 Å². The fourth-order valence-electron chi connectivity index (χ4n) is 2.65. The van der Waals surface area contributed by atoms with Gasteiger partial charge in [-0.1, -0.05) is 68.4 Å². The maximum atomic E-state index is 5.84. The van der Waals surface area contributed by atoms with Crippen LogP contribution in [0.4, 0.5) is 0 Å². The van der Waals surface area contributed by atoms with Crippen molar-refractivity contribution in [2.24, 2.45) is 5.84 Å². The lowest BCUT2D eigenvalue weighted by Gasteiger charge is -2.35. The van der Waals surface area contributed by atoms with Gasteiger partial charge in [0.15, 0.2) is 0 Å². The second kappa shape index (κ2) is 6.21. The molecule has 2 aromatic rings. The maximum absolute atomic E-state index is 5.84. The predicted octanol–water partition coefficient (Wildman–Crippen LogP) is 3.35. The average Bonchev–Trinajstić information content (AvgIpc) is 2.47. The van der Waals surface area contributed by atoms with Gasteiger partial charge in [0.1, 0.15) is 0 Å². The molecule has 0 saturated carbocycles. The summed E-state index contributed by atoms with van der Waals surface area (Å²) < 4.78 is 0. The Bertz CT molecular complexity index is 546. The number of rotatable bonds is 5. The molecule has 0 aliphatic rings. The van der Waals surface area contributed by atoms with E-state index in [1.807, 2.05) is 6.07 Å². The highest BCUT2D eigenvalue weighted by molar-refractivity contribution is 5.30. The van der Waals surface area contributed by atoms with Gasteiger partial charge in [0.25, 0.3) is 0 Å². The number of hydrogen-bond acceptors (Lipinski definition) is 2. The average molecular weight is 268 g/mol. The summed E-state index contributed by atoms with van der Waals surface area (Å²) in [5, 5.41) is 0. The zero-order valence-electron chi connectivity index (χ0n) is 12.6. The molecule has 0 fully saturated rings. The van der Waals surface area contributed by atoms with Crippen molar-refractivity contribution in [2.45, 2.75) is 38.6 Å². The third-order valence-corrected chi connectivity index (χ3v) is 4.28. The van der Waals surface area contributed by atoms with Crippen molar-refractivity contribution >= 4 is 0 Å². The quantitative estimate of drug-likeness (QED) is 0.644. The molecule has 0 radical (unpaired) electrons. The molecule has 0 bridgehead atoms. The predicted molar refractivity (Wildman–Crippen MR) is 85.5 cm³/mol. The molecule has 0 aromatic heterocycles. The minimum Gasteiger partial charge on any atom is -0.271 e. The van der Waals surface area contributed by atoms with E-state index in [2.05, 4.69) is 74.7 Å². The Morgan fingerprint density at radius 3 is 2.20 bits per heavy atom. The van der Waals surface area contributed by atoms with E-state index >= 15 is 0 Å². The molecule has 1 atom stereocenters. The molecule has 3 N–H and O–H groups in total. The molecule has 1 unspecified atom stereocenters. The Balaban J connectivity index is 2.26. The molecule has 0 heterocycles. The Labute approximate surface area is 122 Å². The van der Waals surface area contributed by atoms with Crippen LogP contribution in [0.1, 0.15) is 30.5 Å². The van der Waals surface area contributed by atoms with E-state index in [0.29, 0.717) is 0 Å². The summed E-state index contributed by atoms with van der Waals surface area (Å²) in [4.78, 5) is 0. The van der Waals surface area contributed by atoms with Crippen LogP contribution >= 0.6 is 0 Å². The summed E-state index contributed by atoms with van der Waals surface area (Å²) in [5.41, 5.74) is 6.95. The Morgan fingerprint density at radius 1 is 1.00 bits per heavy atom. The molecule has 0 saturated heterocycles. The minimum atomic E-state index is -0.0295. The number of aryl methyl sites for hydroxylation is 1. The molecule has 0 aliphatic carbocycles. The summed E-state index contributed by atoms with van der Waals surface area (Å²) >= 11 is 0. The lowest BCUT2D eigenvalue weighted by atomic mass is 9.75. The lowest BCUT2D eigenvalue weighted by Crippen LogP contribution is -2.49. The first-order chi connectivity index (χ1) is 9.55. The molecule has 2 rings (SSSR count). The molecular formula is C18H24N2. The van der Waals surface area contributed by atoms with Crippen molar-refractivity contribution in [1.82, 2.24) is 5.43 Å². The third-order valence-electron chi connectivity index (χ3n) is 4.28. The first kappa shape index (κ1) is 14.8. The van der Waals surface area contributed by atoms with Crippen LogP contribution in [-0.4, -0.2) is 6.04 Å². The monoisotopic (exact) mass is 268 g/mol. The van der Waals surface area contributed by atoms with Gasteiger partial charge in [-0.3, -0.25) is 11.3 Å². The molecular weight excluding hydrogens is 244 g/mol. The Hall–Kier alpha value is -1.64. The Morgan fingerprint density at radius 2 is 1.60 bits per heavy atom. The van der Waals surface area contributed by atoms with Crippen molar-refractivity contribution in [2.75, 3.05) is 0 Å². The second-order valence-electron chi connectivity index (χ2n) is 5.94. The van der Waals surface area contributed by atoms with Gasteiger partial charge in [-0.05, 0) is 30.0 Å². The van der Waals surface area contributed by atoms with Crippen LogP contribution in [0.15, 0.2) is 54.6 Å². The topological polar surface area (TPSA) is 38.0 Å². The Kier molecular flexibility index (Phi) is 4.58. The van der Waals surface area contributed by atoms with E-state index in [4.69, 9.17) is 5.84 Å². The summed E-state index contributed by atoms with van der Waals surface area (Å²) in [6.45, 7) is 6.63. The van der Waals surface area contributed by atoms with Gasteiger partial charge >= 0.3 is 0 Å². The molecule has 2 heteroatoms. The highest BCUT2D eigenvalue weighted by atomic mass is 15.2. The fourth-order valence-corrected chi connectivity index (χ4v) is 2.65. The van der Waals surface area contributed by atoms with Crippen LogP contribution in [0.25, 0.3) is 0 Å². The zero-order valence-corrected chi connectivity index (χ0v) is 12.6. The molecule has 106 valence electrons. The van der Waals surface area contributed by atoms with Crippen LogP contribution in [0.2, 0.25) is 0 Å². The van der Waals surface area contributed by atoms with Crippen molar-refractivity contribution in [3.05, 3.63) is 71.3 Å². The van der Waals surface area contributed by atoms with Crippen molar-refractivity contribution in [3.63, 3.8) is 0 Å². The number of nitrogens with one attached hydrogen (secondary N) is 1. The smallest absolute Gasteiger partial charge is 0.0342 e. The SMILES string of the molecule is Cc1ccccc1CC(NN)C(C)(C)c1ccccc1. The minimum absolute atomic E-state index is 0.0295. The zero-order chi connectivity index (χ0) is 14.6. The van der Waals surface area contributed by atoms with Crippen LogP contribution < -0.4 is 11.3 Å². The molecule has 0 amide bonds. The lowest BCUT2D eigenvalue weighted by molar-refractivity contribution is 0.341. The maximum Gasteiger partial charge on any atom is 0.0342 e. The van der Waals surface area contributed by atoms with Gasteiger partial charge in [-0.15, -0.1) is 0 Å². The van der Waals surface area contributed by atoms with Crippen LogP contribution in [0.5, 0.6) is 0 Å².